The molecule has 0 amide bonds. The van der Waals surface area contributed by atoms with Gasteiger partial charge in [-0.05, 0) is 30.7 Å². The van der Waals surface area contributed by atoms with Gasteiger partial charge in [-0.2, -0.15) is 0 Å². The van der Waals surface area contributed by atoms with Gasteiger partial charge in [-0.25, -0.2) is 9.78 Å². The van der Waals surface area contributed by atoms with Gasteiger partial charge in [0.2, 0.25) is 0 Å². The summed E-state index contributed by atoms with van der Waals surface area (Å²) in [7, 11) is 1.52. The molecule has 0 radical (unpaired) electrons. The number of fused-ring (bicyclic) bond motifs is 1. The lowest BCUT2D eigenvalue weighted by Crippen LogP contribution is -2.39. The molecule has 0 bridgehead atoms. The van der Waals surface area contributed by atoms with Gasteiger partial charge in [0.05, 0.1) is 5.69 Å². The van der Waals surface area contributed by atoms with E-state index in [1.807, 2.05) is 19.9 Å². The molecule has 3 N–H and O–H groups in total. The van der Waals surface area contributed by atoms with E-state index in [0.29, 0.717) is 15.4 Å². The zero-order valence-electron chi connectivity index (χ0n) is 11.7. The zero-order chi connectivity index (χ0) is 15.3. The fourth-order valence-electron chi connectivity index (χ4n) is 2.09. The summed E-state index contributed by atoms with van der Waals surface area (Å²) in [4.78, 5) is 29.5. The molecular weight excluding hydrogens is 292 g/mol. The van der Waals surface area contributed by atoms with Crippen molar-refractivity contribution < 1.29 is 14.0 Å². The maximum absolute atomic E-state index is 12.5. The van der Waals surface area contributed by atoms with Gasteiger partial charge in [0.15, 0.2) is 7.05 Å². The quantitative estimate of drug-likeness (QED) is 0.539. The average Bonchev–Trinajstić information content (AvgIpc) is 2.92. The van der Waals surface area contributed by atoms with Crippen molar-refractivity contribution in [3.8, 4) is 0 Å². The van der Waals surface area contributed by atoms with Gasteiger partial charge < -0.3 is 5.73 Å². The second kappa shape index (κ2) is 4.52. The number of aromatic amines is 1. The molecule has 0 saturated heterocycles. The predicted octanol–water partition coefficient (Wildman–Crippen LogP) is 0.832. The monoisotopic (exact) mass is 305 g/mol. The number of hydrogen-bond acceptors (Lipinski definition) is 6. The van der Waals surface area contributed by atoms with Crippen molar-refractivity contribution in [3.05, 3.63) is 38.3 Å². The Morgan fingerprint density at radius 1 is 1.48 bits per heavy atom. The van der Waals surface area contributed by atoms with E-state index >= 15 is 0 Å². The maximum Gasteiger partial charge on any atom is 0.438 e. The molecule has 3 aromatic rings. The summed E-state index contributed by atoms with van der Waals surface area (Å²) in [6, 6.07) is 1.90. The van der Waals surface area contributed by atoms with Gasteiger partial charge in [-0.15, -0.1) is 11.3 Å². The topological polar surface area (TPSA) is 106 Å². The molecule has 0 unspecified atom stereocenters. The van der Waals surface area contributed by atoms with Gasteiger partial charge in [0.1, 0.15) is 9.71 Å². The highest BCUT2D eigenvalue weighted by molar-refractivity contribution is 7.21. The minimum Gasteiger partial charge on any atom is -0.397 e. The Morgan fingerprint density at radius 2 is 2.19 bits per heavy atom. The second-order valence-electron chi connectivity index (χ2n) is 4.81. The lowest BCUT2D eigenvalue weighted by atomic mass is 10.1. The van der Waals surface area contributed by atoms with Crippen molar-refractivity contribution in [2.75, 3.05) is 5.73 Å². The summed E-state index contributed by atoms with van der Waals surface area (Å²) in [6.07, 6.45) is 0. The number of nitrogen functional groups attached to an aromatic ring is 1. The molecule has 0 aliphatic rings. The number of carbonyl (C=O) groups is 1. The molecule has 3 rings (SSSR count). The number of aryl methyl sites for hydroxylation is 3. The number of nitrogens with one attached hydrogen (secondary N) is 1. The first-order valence-corrected chi connectivity index (χ1v) is 7.00. The molecule has 0 aliphatic carbocycles. The number of nitrogens with zero attached hydrogens (tertiary/aromatic N) is 2. The van der Waals surface area contributed by atoms with Crippen LogP contribution in [-0.4, -0.2) is 16.0 Å². The SMILES string of the molecule is Cc1cc2c(N)c(C(=O)c3c(=O)o[nH][n+]3C)sc2nc1C. The fourth-order valence-corrected chi connectivity index (χ4v) is 3.15. The number of pyridine rings is 1. The number of hydrogen-bond donors (Lipinski definition) is 2. The highest BCUT2D eigenvalue weighted by Crippen LogP contribution is 2.34. The molecule has 3 aromatic heterocycles. The van der Waals surface area contributed by atoms with Crippen LogP contribution in [0.5, 0.6) is 0 Å². The van der Waals surface area contributed by atoms with Crippen molar-refractivity contribution in [2.45, 2.75) is 13.8 Å². The first-order valence-electron chi connectivity index (χ1n) is 6.18. The fraction of sp³-hybridized carbons (Fsp3) is 0.231. The van der Waals surface area contributed by atoms with Crippen LogP contribution < -0.4 is 16.0 Å². The third kappa shape index (κ3) is 1.95. The van der Waals surface area contributed by atoms with Crippen LogP contribution in [0.4, 0.5) is 5.69 Å². The highest BCUT2D eigenvalue weighted by atomic mass is 32.1. The molecule has 0 aliphatic heterocycles. The smallest absolute Gasteiger partial charge is 0.397 e. The molecule has 0 atom stereocenters. The van der Waals surface area contributed by atoms with Crippen LogP contribution in [0.15, 0.2) is 15.4 Å². The van der Waals surface area contributed by atoms with Crippen molar-refractivity contribution in [3.63, 3.8) is 0 Å². The van der Waals surface area contributed by atoms with Crippen molar-refractivity contribution in [1.82, 2.24) is 10.3 Å². The molecule has 7 nitrogen and oxygen atoms in total. The average molecular weight is 305 g/mol. The molecule has 108 valence electrons. The first-order chi connectivity index (χ1) is 9.90. The summed E-state index contributed by atoms with van der Waals surface area (Å²) in [5.41, 5.74) is 7.47. The minimum atomic E-state index is -0.723. The second-order valence-corrected chi connectivity index (χ2v) is 5.80. The normalized spacial score (nSPS) is 11.2. The van der Waals surface area contributed by atoms with E-state index in [2.05, 4.69) is 14.8 Å². The number of carbonyl (C=O) groups excluding carboxylic acids is 1. The number of ketones is 1. The number of H-pyrrole nitrogens is 1. The van der Waals surface area contributed by atoms with Crippen molar-refractivity contribution in [2.24, 2.45) is 7.05 Å². The Balaban J connectivity index is 2.24. The van der Waals surface area contributed by atoms with Crippen LogP contribution in [0.25, 0.3) is 10.2 Å². The number of nitrogens with two attached hydrogens (primary N) is 1. The Morgan fingerprint density at radius 3 is 2.81 bits per heavy atom. The first kappa shape index (κ1) is 13.5. The molecule has 3 heterocycles. The lowest BCUT2D eigenvalue weighted by Gasteiger charge is -1.98. The van der Waals surface area contributed by atoms with Crippen LogP contribution in [-0.2, 0) is 7.05 Å². The number of rotatable bonds is 2. The van der Waals surface area contributed by atoms with E-state index in [1.165, 1.54) is 23.1 Å². The Hall–Kier alpha value is -2.48. The summed E-state index contributed by atoms with van der Waals surface area (Å²) >= 11 is 1.18. The number of anilines is 1. The van der Waals surface area contributed by atoms with Crippen LogP contribution in [0.2, 0.25) is 0 Å². The standard InChI is InChI=1S/C13H12N4O3S/c1-5-4-7-8(14)11(21-12(7)15-6(5)2)10(18)9-13(19)20-16-17(9)3/h4H,1-3H3,(H2-,14,16,18,19)/p+1. The summed E-state index contributed by atoms with van der Waals surface area (Å²) in [5, 5.41) is 3.05. The van der Waals surface area contributed by atoms with Crippen LogP contribution in [0.1, 0.15) is 26.6 Å². The molecule has 0 saturated carbocycles. The van der Waals surface area contributed by atoms with Gasteiger partial charge in [0, 0.05) is 11.1 Å². The summed E-state index contributed by atoms with van der Waals surface area (Å²) < 4.78 is 5.83. The third-order valence-corrected chi connectivity index (χ3v) is 4.50. The van der Waals surface area contributed by atoms with Crippen molar-refractivity contribution in [1.29, 1.82) is 0 Å². The molecule has 21 heavy (non-hydrogen) atoms. The summed E-state index contributed by atoms with van der Waals surface area (Å²) in [6.45, 7) is 3.83. The highest BCUT2D eigenvalue weighted by Gasteiger charge is 2.31. The zero-order valence-corrected chi connectivity index (χ0v) is 12.5. The van der Waals surface area contributed by atoms with E-state index < -0.39 is 11.4 Å². The van der Waals surface area contributed by atoms with E-state index in [-0.39, 0.29) is 5.69 Å². The van der Waals surface area contributed by atoms with Gasteiger partial charge >= 0.3 is 11.3 Å². The van der Waals surface area contributed by atoms with Gasteiger partial charge in [0.25, 0.3) is 5.78 Å². The summed E-state index contributed by atoms with van der Waals surface area (Å²) in [5.74, 6) is -0.469. The number of aromatic nitrogens is 3. The Bertz CT molecular complexity index is 935. The lowest BCUT2D eigenvalue weighted by molar-refractivity contribution is -0.741. The number of thiophene rings is 1. The largest absolute Gasteiger partial charge is 0.438 e. The molecular formula is C13H13N4O3S+. The van der Waals surface area contributed by atoms with Crippen LogP contribution in [0.3, 0.4) is 0 Å². The molecule has 0 fully saturated rings. The molecule has 8 heteroatoms. The Kier molecular flexibility index (Phi) is 2.91. The van der Waals surface area contributed by atoms with Gasteiger partial charge in [-0.1, -0.05) is 4.68 Å². The molecule has 0 aromatic carbocycles. The molecule has 0 spiro atoms. The van der Waals surface area contributed by atoms with E-state index in [9.17, 15) is 9.59 Å². The van der Waals surface area contributed by atoms with E-state index in [0.717, 1.165) is 16.6 Å². The third-order valence-electron chi connectivity index (χ3n) is 3.39. The minimum absolute atomic E-state index is 0.0956. The van der Waals surface area contributed by atoms with E-state index in [4.69, 9.17) is 5.73 Å². The maximum atomic E-state index is 12.5. The predicted molar refractivity (Wildman–Crippen MR) is 77.4 cm³/mol. The van der Waals surface area contributed by atoms with Gasteiger partial charge in [-0.3, -0.25) is 9.32 Å². The Labute approximate surface area is 123 Å². The van der Waals surface area contributed by atoms with Crippen LogP contribution >= 0.6 is 11.3 Å². The van der Waals surface area contributed by atoms with E-state index in [1.54, 1.807) is 0 Å². The van der Waals surface area contributed by atoms with Crippen LogP contribution in [0, 0.1) is 13.8 Å². The van der Waals surface area contributed by atoms with Crippen molar-refractivity contribution >= 4 is 33.0 Å².